The molecule has 1 saturated heterocycles. The highest BCUT2D eigenvalue weighted by atomic mass is 35.5. The number of amides is 1. The molecular weight excluding hydrogens is 254 g/mol. The molecule has 1 aliphatic rings. The molecule has 2 rings (SSSR count). The number of hydrogen-bond donors (Lipinski definition) is 3. The van der Waals surface area contributed by atoms with Gasteiger partial charge in [-0.2, -0.15) is 0 Å². The van der Waals surface area contributed by atoms with Gasteiger partial charge in [0.2, 0.25) is 0 Å². The van der Waals surface area contributed by atoms with Crippen molar-refractivity contribution in [1.82, 2.24) is 15.6 Å². The van der Waals surface area contributed by atoms with Crippen LogP contribution in [0.15, 0.2) is 18.2 Å². The van der Waals surface area contributed by atoms with Gasteiger partial charge in [0.05, 0.1) is 11.2 Å². The molecule has 6 heteroatoms. The average Bonchev–Trinajstić information content (AvgIpc) is 2.29. The van der Waals surface area contributed by atoms with E-state index in [1.54, 1.807) is 0 Å². The first-order valence-electron chi connectivity index (χ1n) is 5.78. The third kappa shape index (κ3) is 3.11. The van der Waals surface area contributed by atoms with Crippen molar-refractivity contribution < 1.29 is 9.90 Å². The third-order valence-electron chi connectivity index (χ3n) is 3.11. The van der Waals surface area contributed by atoms with Gasteiger partial charge in [0.25, 0.3) is 0 Å². The van der Waals surface area contributed by atoms with Gasteiger partial charge >= 0.3 is 6.09 Å². The monoisotopic (exact) mass is 271 g/mol. The average molecular weight is 272 g/mol. The lowest BCUT2D eigenvalue weighted by atomic mass is 9.86. The Morgan fingerprint density at radius 1 is 1.56 bits per heavy atom. The highest BCUT2D eigenvalue weighted by molar-refractivity contribution is 5.85. The van der Waals surface area contributed by atoms with Crippen molar-refractivity contribution in [2.45, 2.75) is 25.3 Å². The Kier molecular flexibility index (Phi) is 4.93. The number of rotatable bonds is 2. The number of nitrogens with zero attached hydrogens (tertiary/aromatic N) is 1. The normalized spacial score (nSPS) is 22.9. The second-order valence-electron chi connectivity index (χ2n) is 4.46. The maximum absolute atomic E-state index is 11.0. The highest BCUT2D eigenvalue weighted by Gasteiger charge is 2.36. The van der Waals surface area contributed by atoms with Gasteiger partial charge in [-0.25, -0.2) is 4.79 Å². The molecule has 2 heterocycles. The molecule has 0 aromatic carbocycles. The first-order valence-corrected chi connectivity index (χ1v) is 5.78. The largest absolute Gasteiger partial charge is 0.465 e. The summed E-state index contributed by atoms with van der Waals surface area (Å²) in [5.41, 5.74) is 1.11. The zero-order chi connectivity index (χ0) is 12.3. The minimum absolute atomic E-state index is 0. The zero-order valence-electron chi connectivity index (χ0n) is 10.3. The van der Waals surface area contributed by atoms with Crippen molar-refractivity contribution >= 4 is 18.5 Å². The topological polar surface area (TPSA) is 74.2 Å². The van der Waals surface area contributed by atoms with Crippen LogP contribution in [0.3, 0.4) is 0 Å². The van der Waals surface area contributed by atoms with E-state index >= 15 is 0 Å². The predicted molar refractivity (Wildman–Crippen MR) is 71.2 cm³/mol. The molecule has 18 heavy (non-hydrogen) atoms. The SMILES string of the molecule is Cc1cccc(C2(NC(=O)O)CCCNC2)n1.Cl. The predicted octanol–water partition coefficient (Wildman–Crippen LogP) is 1.66. The van der Waals surface area contributed by atoms with Crippen LogP contribution in [0, 0.1) is 6.92 Å². The Morgan fingerprint density at radius 3 is 2.89 bits per heavy atom. The van der Waals surface area contributed by atoms with Gasteiger partial charge in [0.1, 0.15) is 0 Å². The molecule has 100 valence electrons. The number of pyridine rings is 1. The van der Waals surface area contributed by atoms with Crippen LogP contribution in [0.25, 0.3) is 0 Å². The number of carbonyl (C=O) groups is 1. The summed E-state index contributed by atoms with van der Waals surface area (Å²) in [4.78, 5) is 15.4. The molecule has 1 aromatic heterocycles. The van der Waals surface area contributed by atoms with Crippen molar-refractivity contribution in [3.05, 3.63) is 29.6 Å². The van der Waals surface area contributed by atoms with Gasteiger partial charge in [-0.3, -0.25) is 4.98 Å². The molecule has 0 aliphatic carbocycles. The minimum Gasteiger partial charge on any atom is -0.465 e. The fourth-order valence-corrected chi connectivity index (χ4v) is 2.31. The van der Waals surface area contributed by atoms with E-state index in [1.165, 1.54) is 0 Å². The Bertz CT molecular complexity index is 420. The summed E-state index contributed by atoms with van der Waals surface area (Å²) >= 11 is 0. The molecule has 1 aromatic rings. The number of nitrogens with one attached hydrogen (secondary N) is 2. The quantitative estimate of drug-likeness (QED) is 0.765. The second kappa shape index (κ2) is 6.02. The first-order chi connectivity index (χ1) is 8.12. The summed E-state index contributed by atoms with van der Waals surface area (Å²) < 4.78 is 0. The molecule has 3 N–H and O–H groups in total. The van der Waals surface area contributed by atoms with E-state index < -0.39 is 11.6 Å². The van der Waals surface area contributed by atoms with Crippen LogP contribution in [0.1, 0.15) is 24.2 Å². The van der Waals surface area contributed by atoms with Gasteiger partial charge in [0, 0.05) is 12.2 Å². The van der Waals surface area contributed by atoms with Gasteiger partial charge in [-0.15, -0.1) is 12.4 Å². The number of aromatic nitrogens is 1. The Labute approximate surface area is 112 Å². The molecule has 0 spiro atoms. The molecule has 1 amide bonds. The van der Waals surface area contributed by atoms with Crippen LogP contribution in [-0.2, 0) is 5.54 Å². The van der Waals surface area contributed by atoms with E-state index in [2.05, 4.69) is 15.6 Å². The van der Waals surface area contributed by atoms with Crippen LogP contribution in [0.4, 0.5) is 4.79 Å². The van der Waals surface area contributed by atoms with Crippen molar-refractivity contribution in [2.75, 3.05) is 13.1 Å². The van der Waals surface area contributed by atoms with Crippen molar-refractivity contribution in [3.63, 3.8) is 0 Å². The minimum atomic E-state index is -1.00. The van der Waals surface area contributed by atoms with Gasteiger partial charge < -0.3 is 15.7 Å². The van der Waals surface area contributed by atoms with Crippen molar-refractivity contribution in [2.24, 2.45) is 0 Å². The van der Waals surface area contributed by atoms with E-state index in [9.17, 15) is 4.79 Å². The number of aryl methyl sites for hydroxylation is 1. The van der Waals surface area contributed by atoms with E-state index in [1.807, 2.05) is 25.1 Å². The van der Waals surface area contributed by atoms with Gasteiger partial charge in [0.15, 0.2) is 0 Å². The van der Waals surface area contributed by atoms with E-state index in [0.29, 0.717) is 6.54 Å². The second-order valence-corrected chi connectivity index (χ2v) is 4.46. The molecule has 5 nitrogen and oxygen atoms in total. The summed E-state index contributed by atoms with van der Waals surface area (Å²) in [6, 6.07) is 5.71. The fraction of sp³-hybridized carbons (Fsp3) is 0.500. The highest BCUT2D eigenvalue weighted by Crippen LogP contribution is 2.27. The van der Waals surface area contributed by atoms with Crippen LogP contribution in [0.5, 0.6) is 0 Å². The summed E-state index contributed by atoms with van der Waals surface area (Å²) in [6.07, 6.45) is 0.718. The number of piperidine rings is 1. The van der Waals surface area contributed by atoms with Crippen LogP contribution < -0.4 is 10.6 Å². The van der Waals surface area contributed by atoms with Crippen molar-refractivity contribution in [1.29, 1.82) is 0 Å². The van der Waals surface area contributed by atoms with E-state index in [4.69, 9.17) is 5.11 Å². The molecular formula is C12H18ClN3O2. The standard InChI is InChI=1S/C12H17N3O2.ClH/c1-9-4-2-5-10(14-9)12(15-11(16)17)6-3-7-13-8-12;/h2,4-5,13,15H,3,6-8H2,1H3,(H,16,17);1H. The zero-order valence-corrected chi connectivity index (χ0v) is 11.1. The van der Waals surface area contributed by atoms with Crippen LogP contribution in [0.2, 0.25) is 0 Å². The molecule has 1 unspecified atom stereocenters. The van der Waals surface area contributed by atoms with Crippen LogP contribution >= 0.6 is 12.4 Å². The molecule has 1 atom stereocenters. The van der Waals surface area contributed by atoms with Gasteiger partial charge in [-0.1, -0.05) is 6.07 Å². The lowest BCUT2D eigenvalue weighted by Crippen LogP contribution is -2.55. The Hall–Kier alpha value is -1.33. The summed E-state index contributed by atoms with van der Waals surface area (Å²) in [5, 5.41) is 14.9. The fourth-order valence-electron chi connectivity index (χ4n) is 2.31. The lowest BCUT2D eigenvalue weighted by Gasteiger charge is -2.37. The molecule has 0 saturated carbocycles. The molecule has 0 bridgehead atoms. The van der Waals surface area contributed by atoms with Crippen molar-refractivity contribution in [3.8, 4) is 0 Å². The Balaban J connectivity index is 0.00000162. The summed E-state index contributed by atoms with van der Waals surface area (Å²) in [6.45, 7) is 3.43. The van der Waals surface area contributed by atoms with Crippen LogP contribution in [-0.4, -0.2) is 29.3 Å². The molecule has 0 radical (unpaired) electrons. The maximum atomic E-state index is 11.0. The summed E-state index contributed by atoms with van der Waals surface area (Å²) in [5.74, 6) is 0. The molecule has 1 fully saturated rings. The van der Waals surface area contributed by atoms with E-state index in [0.717, 1.165) is 30.8 Å². The number of carboxylic acid groups (broad SMARTS) is 1. The smallest absolute Gasteiger partial charge is 0.405 e. The maximum Gasteiger partial charge on any atom is 0.405 e. The van der Waals surface area contributed by atoms with E-state index in [-0.39, 0.29) is 12.4 Å². The first kappa shape index (κ1) is 14.7. The van der Waals surface area contributed by atoms with Gasteiger partial charge in [-0.05, 0) is 38.4 Å². The molecule has 1 aliphatic heterocycles. The Morgan fingerprint density at radius 2 is 2.33 bits per heavy atom. The summed E-state index contributed by atoms with van der Waals surface area (Å²) in [7, 11) is 0. The number of halogens is 1. The third-order valence-corrected chi connectivity index (χ3v) is 3.11. The number of hydrogen-bond acceptors (Lipinski definition) is 3. The lowest BCUT2D eigenvalue weighted by molar-refractivity contribution is 0.165.